The van der Waals surface area contributed by atoms with Crippen molar-refractivity contribution in [2.75, 3.05) is 6.54 Å². The summed E-state index contributed by atoms with van der Waals surface area (Å²) in [6.45, 7) is 4.87. The predicted molar refractivity (Wildman–Crippen MR) is 94.5 cm³/mol. The average Bonchev–Trinajstić information content (AvgIpc) is 3.12. The maximum absolute atomic E-state index is 13.2. The topological polar surface area (TPSA) is 75.4 Å². The molecule has 0 radical (unpaired) electrons. The Morgan fingerprint density at radius 3 is 2.60 bits per heavy atom. The van der Waals surface area contributed by atoms with Gasteiger partial charge >= 0.3 is 0 Å². The summed E-state index contributed by atoms with van der Waals surface area (Å²) in [6, 6.07) is 0.0788. The summed E-state index contributed by atoms with van der Waals surface area (Å²) in [4.78, 5) is 27.2. The molecule has 6 rings (SSSR count). The van der Waals surface area contributed by atoms with E-state index in [1.807, 2.05) is 0 Å². The van der Waals surface area contributed by atoms with Gasteiger partial charge in [-0.15, -0.1) is 0 Å². The Morgan fingerprint density at radius 2 is 2.00 bits per heavy atom. The number of carbonyl (C=O) groups excluding carboxylic acids is 2. The second-order valence-corrected chi connectivity index (χ2v) is 10.5. The van der Waals surface area contributed by atoms with Crippen molar-refractivity contribution in [2.45, 2.75) is 82.8 Å². The molecule has 0 aromatic heterocycles. The molecule has 138 valence electrons. The largest absolute Gasteiger partial charge is 0.351 e. The monoisotopic (exact) mass is 345 g/mol. The number of piperidine rings is 1. The van der Waals surface area contributed by atoms with Crippen LogP contribution in [-0.4, -0.2) is 40.9 Å². The molecule has 4 bridgehead atoms. The van der Waals surface area contributed by atoms with Crippen LogP contribution in [0.1, 0.15) is 65.2 Å². The number of hydrogen-bond acceptors (Lipinski definition) is 3. The highest BCUT2D eigenvalue weighted by atomic mass is 16.2. The SMILES string of the molecule is CC(=O)NC12CC3CC(C)(C1)CC([C@H](N)C(=O)N1CC[C@@H]4C[C@@H]41)(C3)C2. The van der Waals surface area contributed by atoms with Gasteiger partial charge in [-0.1, -0.05) is 6.92 Å². The highest BCUT2D eigenvalue weighted by Gasteiger charge is 2.65. The summed E-state index contributed by atoms with van der Waals surface area (Å²) >= 11 is 0. The first-order chi connectivity index (χ1) is 11.7. The lowest BCUT2D eigenvalue weighted by Crippen LogP contribution is -2.70. The number of hydrogen-bond donors (Lipinski definition) is 2. The molecule has 1 aliphatic heterocycles. The van der Waals surface area contributed by atoms with Gasteiger partial charge in [-0.2, -0.15) is 0 Å². The highest BCUT2D eigenvalue weighted by Crippen LogP contribution is 2.67. The smallest absolute Gasteiger partial charge is 0.240 e. The van der Waals surface area contributed by atoms with Crippen LogP contribution in [-0.2, 0) is 9.59 Å². The Balaban J connectivity index is 1.45. The van der Waals surface area contributed by atoms with Crippen molar-refractivity contribution in [1.29, 1.82) is 0 Å². The molecular formula is C20H31N3O2. The number of rotatable bonds is 3. The van der Waals surface area contributed by atoms with E-state index in [0.717, 1.165) is 51.0 Å². The molecule has 4 unspecified atom stereocenters. The molecule has 2 amide bonds. The van der Waals surface area contributed by atoms with Gasteiger partial charge < -0.3 is 16.0 Å². The first-order valence-corrected chi connectivity index (χ1v) is 10.1. The number of nitrogens with two attached hydrogens (primary N) is 1. The highest BCUT2D eigenvalue weighted by molar-refractivity contribution is 5.84. The summed E-state index contributed by atoms with van der Waals surface area (Å²) in [7, 11) is 0. The molecule has 5 nitrogen and oxygen atoms in total. The molecule has 5 heteroatoms. The molecular weight excluding hydrogens is 314 g/mol. The van der Waals surface area contributed by atoms with Gasteiger partial charge in [-0.25, -0.2) is 0 Å². The first-order valence-electron chi connectivity index (χ1n) is 10.1. The third-order valence-electron chi connectivity index (χ3n) is 8.07. The van der Waals surface area contributed by atoms with Crippen LogP contribution in [0.15, 0.2) is 0 Å². The summed E-state index contributed by atoms with van der Waals surface area (Å²) in [5.74, 6) is 1.59. The molecule has 0 aromatic carbocycles. The zero-order valence-electron chi connectivity index (χ0n) is 15.5. The second-order valence-electron chi connectivity index (χ2n) is 10.5. The summed E-state index contributed by atoms with van der Waals surface area (Å²) < 4.78 is 0. The van der Waals surface area contributed by atoms with E-state index >= 15 is 0 Å². The van der Waals surface area contributed by atoms with Crippen LogP contribution in [0.2, 0.25) is 0 Å². The molecule has 7 atom stereocenters. The van der Waals surface area contributed by atoms with Crippen LogP contribution < -0.4 is 11.1 Å². The number of nitrogens with one attached hydrogen (secondary N) is 1. The lowest BCUT2D eigenvalue weighted by atomic mass is 9.41. The fourth-order valence-electron chi connectivity index (χ4n) is 7.97. The third kappa shape index (κ3) is 2.30. The Kier molecular flexibility index (Phi) is 3.08. The van der Waals surface area contributed by atoms with Crippen molar-refractivity contribution < 1.29 is 9.59 Å². The van der Waals surface area contributed by atoms with Gasteiger partial charge in [0.05, 0.1) is 6.04 Å². The number of fused-ring (bicyclic) bond motifs is 1. The van der Waals surface area contributed by atoms with Gasteiger partial charge in [-0.3, -0.25) is 9.59 Å². The van der Waals surface area contributed by atoms with E-state index in [0.29, 0.717) is 12.0 Å². The minimum atomic E-state index is -0.400. The van der Waals surface area contributed by atoms with Gasteiger partial charge in [0.1, 0.15) is 0 Å². The lowest BCUT2D eigenvalue weighted by molar-refractivity contribution is -0.159. The fourth-order valence-corrected chi connectivity index (χ4v) is 7.97. The quantitative estimate of drug-likeness (QED) is 0.819. The van der Waals surface area contributed by atoms with Gasteiger partial charge in [0.25, 0.3) is 0 Å². The number of nitrogens with zero attached hydrogens (tertiary/aromatic N) is 1. The predicted octanol–water partition coefficient (Wildman–Crippen LogP) is 1.80. The zero-order chi connectivity index (χ0) is 17.6. The van der Waals surface area contributed by atoms with E-state index in [9.17, 15) is 9.59 Å². The van der Waals surface area contributed by atoms with Crippen LogP contribution in [0.25, 0.3) is 0 Å². The Bertz CT molecular complexity index is 651. The standard InChI is InChI=1S/C20H31N3O2/c1-12(24)22-20-8-13-6-18(2,10-20)9-19(7-13,11-20)16(21)17(25)23-4-3-14-5-15(14)23/h13-16H,3-11,21H2,1-2H3,(H,22,24)/t13?,14-,15+,16-,18?,19?,20?/m1/s1. The molecule has 1 heterocycles. The lowest BCUT2D eigenvalue weighted by Gasteiger charge is -2.67. The number of likely N-dealkylation sites (tertiary alicyclic amines) is 1. The molecule has 3 N–H and O–H groups in total. The molecule has 6 fully saturated rings. The normalized spacial score (nSPS) is 50.5. The van der Waals surface area contributed by atoms with Crippen LogP contribution in [0.5, 0.6) is 0 Å². The Hall–Kier alpha value is -1.10. The number of carbonyl (C=O) groups is 2. The summed E-state index contributed by atoms with van der Waals surface area (Å²) in [5.41, 5.74) is 6.68. The maximum atomic E-state index is 13.2. The first kappa shape index (κ1) is 16.1. The van der Waals surface area contributed by atoms with E-state index in [1.165, 1.54) is 12.8 Å². The second kappa shape index (κ2) is 4.79. The van der Waals surface area contributed by atoms with Crippen molar-refractivity contribution >= 4 is 11.8 Å². The van der Waals surface area contributed by atoms with E-state index < -0.39 is 6.04 Å². The molecule has 0 spiro atoms. The van der Waals surface area contributed by atoms with Crippen molar-refractivity contribution in [3.05, 3.63) is 0 Å². The fraction of sp³-hybridized carbons (Fsp3) is 0.900. The zero-order valence-corrected chi connectivity index (χ0v) is 15.5. The van der Waals surface area contributed by atoms with Gasteiger partial charge in [0.15, 0.2) is 0 Å². The molecule has 0 aromatic rings. The molecule has 25 heavy (non-hydrogen) atoms. The van der Waals surface area contributed by atoms with Gasteiger partial charge in [0.2, 0.25) is 11.8 Å². The van der Waals surface area contributed by atoms with Crippen LogP contribution >= 0.6 is 0 Å². The third-order valence-corrected chi connectivity index (χ3v) is 8.07. The molecule has 1 saturated heterocycles. The van der Waals surface area contributed by atoms with Gasteiger partial charge in [-0.05, 0) is 74.0 Å². The van der Waals surface area contributed by atoms with Crippen molar-refractivity contribution in [2.24, 2.45) is 28.4 Å². The molecule has 6 aliphatic rings. The van der Waals surface area contributed by atoms with E-state index in [4.69, 9.17) is 5.73 Å². The van der Waals surface area contributed by atoms with Crippen LogP contribution in [0, 0.1) is 22.7 Å². The number of amides is 2. The average molecular weight is 345 g/mol. The van der Waals surface area contributed by atoms with E-state index in [-0.39, 0.29) is 28.2 Å². The van der Waals surface area contributed by atoms with Crippen LogP contribution in [0.4, 0.5) is 0 Å². The van der Waals surface area contributed by atoms with Crippen molar-refractivity contribution in [3.8, 4) is 0 Å². The summed E-state index contributed by atoms with van der Waals surface area (Å²) in [6.07, 6.45) is 8.69. The Labute approximate surface area is 150 Å². The Morgan fingerprint density at radius 1 is 1.20 bits per heavy atom. The minimum absolute atomic E-state index is 0.0564. The molecule has 5 aliphatic carbocycles. The van der Waals surface area contributed by atoms with Crippen molar-refractivity contribution in [1.82, 2.24) is 10.2 Å². The molecule has 5 saturated carbocycles. The summed E-state index contributed by atoms with van der Waals surface area (Å²) in [5, 5.41) is 3.30. The van der Waals surface area contributed by atoms with Crippen molar-refractivity contribution in [3.63, 3.8) is 0 Å². The van der Waals surface area contributed by atoms with Crippen LogP contribution in [0.3, 0.4) is 0 Å². The maximum Gasteiger partial charge on any atom is 0.240 e. The van der Waals surface area contributed by atoms with E-state index in [2.05, 4.69) is 17.1 Å². The van der Waals surface area contributed by atoms with Gasteiger partial charge in [0, 0.05) is 25.0 Å². The minimum Gasteiger partial charge on any atom is -0.351 e. The van der Waals surface area contributed by atoms with E-state index in [1.54, 1.807) is 6.92 Å².